The first kappa shape index (κ1) is 20.4. The zero-order valence-corrected chi connectivity index (χ0v) is 14.2. The van der Waals surface area contributed by atoms with Gasteiger partial charge in [0, 0.05) is 13.5 Å². The fourth-order valence-electron chi connectivity index (χ4n) is 1.78. The maximum absolute atomic E-state index is 12.8. The number of rotatable bonds is 10. The normalized spacial score (nSPS) is 15.5. The molecule has 0 aliphatic carbocycles. The van der Waals surface area contributed by atoms with E-state index in [4.69, 9.17) is 8.98 Å². The Morgan fingerprint density at radius 3 is 2.33 bits per heavy atom. The van der Waals surface area contributed by atoms with Crippen molar-refractivity contribution >= 4 is 24.4 Å². The second-order valence-electron chi connectivity index (χ2n) is 5.03. The molecule has 1 N–H and O–H groups in total. The summed E-state index contributed by atoms with van der Waals surface area (Å²) < 4.78 is 64.2. The van der Waals surface area contributed by atoms with Crippen molar-refractivity contribution in [2.75, 3.05) is 13.7 Å². The van der Waals surface area contributed by atoms with E-state index in [0.29, 0.717) is 12.5 Å². The zero-order chi connectivity index (χ0) is 16.7. The van der Waals surface area contributed by atoms with Gasteiger partial charge in [0.25, 0.3) is 0 Å². The molecular formula is C11H22F2O6SSi. The van der Waals surface area contributed by atoms with E-state index < -0.39 is 36.3 Å². The van der Waals surface area contributed by atoms with Gasteiger partial charge in [-0.15, -0.1) is 0 Å². The number of hydrogen-bond donors (Lipinski definition) is 1. The van der Waals surface area contributed by atoms with Crippen molar-refractivity contribution in [3.63, 3.8) is 0 Å². The van der Waals surface area contributed by atoms with Gasteiger partial charge in [-0.2, -0.15) is 17.2 Å². The van der Waals surface area contributed by atoms with Gasteiger partial charge < -0.3 is 9.16 Å². The van der Waals surface area contributed by atoms with Crippen LogP contribution in [0.4, 0.5) is 8.78 Å². The molecule has 0 saturated heterocycles. The summed E-state index contributed by atoms with van der Waals surface area (Å²) in [5, 5.41) is -4.49. The molecule has 0 spiro atoms. The van der Waals surface area contributed by atoms with E-state index in [1.807, 2.05) is 13.5 Å². The van der Waals surface area contributed by atoms with Crippen LogP contribution < -0.4 is 0 Å². The third kappa shape index (κ3) is 7.29. The number of carbonyl (C=O) groups excluding carboxylic acids is 1. The van der Waals surface area contributed by atoms with Crippen molar-refractivity contribution in [3.8, 4) is 0 Å². The monoisotopic (exact) mass is 348 g/mol. The molecule has 0 amide bonds. The molecule has 126 valence electrons. The molecular weight excluding hydrogens is 326 g/mol. The Bertz CT molecular complexity index is 442. The minimum absolute atomic E-state index is 0.1000. The minimum Gasteiger partial charge on any atom is -0.458 e. The number of alkyl halides is 2. The lowest BCUT2D eigenvalue weighted by Crippen LogP contribution is -2.35. The summed E-state index contributed by atoms with van der Waals surface area (Å²) in [7, 11) is -5.83. The Morgan fingerprint density at radius 2 is 1.90 bits per heavy atom. The Hall–Kier alpha value is -0.583. The summed E-state index contributed by atoms with van der Waals surface area (Å²) in [4.78, 5) is 11.3. The smallest absolute Gasteiger partial charge is 0.402 e. The molecule has 0 heterocycles. The Balaban J connectivity index is 4.19. The second kappa shape index (κ2) is 8.16. The van der Waals surface area contributed by atoms with Crippen LogP contribution in [0.1, 0.15) is 26.2 Å². The van der Waals surface area contributed by atoms with Gasteiger partial charge in [-0.3, -0.25) is 9.35 Å². The summed E-state index contributed by atoms with van der Waals surface area (Å²) in [5.74, 6) is -0.928. The molecule has 10 heteroatoms. The van der Waals surface area contributed by atoms with Crippen LogP contribution in [0.2, 0.25) is 18.6 Å². The first-order valence-corrected chi connectivity index (χ1v) is 10.8. The number of esters is 1. The molecule has 0 aliphatic heterocycles. The summed E-state index contributed by atoms with van der Waals surface area (Å²) in [5.41, 5.74) is 0. The lowest BCUT2D eigenvalue weighted by Gasteiger charge is -2.24. The highest BCUT2D eigenvalue weighted by molar-refractivity contribution is 7.86. The molecule has 1 unspecified atom stereocenters. The third-order valence-electron chi connectivity index (χ3n) is 3.14. The van der Waals surface area contributed by atoms with E-state index in [1.54, 1.807) is 7.11 Å². The average Bonchev–Trinajstić information content (AvgIpc) is 2.35. The van der Waals surface area contributed by atoms with Gasteiger partial charge in [0.1, 0.15) is 0 Å². The lowest BCUT2D eigenvalue weighted by molar-refractivity contribution is -0.149. The quantitative estimate of drug-likeness (QED) is 0.370. The average molecular weight is 348 g/mol. The minimum atomic E-state index is -5.58. The topological polar surface area (TPSA) is 89.9 Å². The lowest BCUT2D eigenvalue weighted by atomic mass is 10.3. The fraction of sp³-hybridized carbons (Fsp3) is 0.909. The highest BCUT2D eigenvalue weighted by Crippen LogP contribution is 2.23. The second-order valence-corrected chi connectivity index (χ2v) is 10.9. The molecule has 1 atom stereocenters. The highest BCUT2D eigenvalue weighted by atomic mass is 32.2. The summed E-state index contributed by atoms with van der Waals surface area (Å²) >= 11 is 0. The Kier molecular flexibility index (Phi) is 7.93. The van der Waals surface area contributed by atoms with Crippen molar-refractivity contribution < 1.29 is 35.7 Å². The molecule has 0 radical (unpaired) electrons. The first-order chi connectivity index (χ1) is 9.47. The number of ether oxygens (including phenoxy) is 1. The molecule has 0 aromatic rings. The largest absolute Gasteiger partial charge is 0.458 e. The maximum atomic E-state index is 12.8. The van der Waals surface area contributed by atoms with Crippen molar-refractivity contribution in [2.45, 2.75) is 50.1 Å². The zero-order valence-electron chi connectivity index (χ0n) is 12.4. The van der Waals surface area contributed by atoms with Gasteiger partial charge in [-0.1, -0.05) is 13.3 Å². The van der Waals surface area contributed by atoms with Crippen molar-refractivity contribution in [3.05, 3.63) is 0 Å². The van der Waals surface area contributed by atoms with E-state index in [-0.39, 0.29) is 6.42 Å². The Labute approximate surface area is 124 Å². The number of carbonyl (C=O) groups is 1. The summed E-state index contributed by atoms with van der Waals surface area (Å²) in [6.45, 7) is 2.36. The molecule has 0 aromatic heterocycles. The van der Waals surface area contributed by atoms with Gasteiger partial charge >= 0.3 is 21.3 Å². The maximum Gasteiger partial charge on any atom is 0.402 e. The third-order valence-corrected chi connectivity index (χ3v) is 7.96. The summed E-state index contributed by atoms with van der Waals surface area (Å²) in [6.07, 6.45) is 1.28. The molecule has 0 rings (SSSR count). The van der Waals surface area contributed by atoms with E-state index in [2.05, 4.69) is 4.74 Å². The standard InChI is InChI=1S/C11H22F2O6SSi/c1-4-7-21(3,18-2)8-5-6-10(14)19-9-11(12,13)20(15,16)17/h4-9H2,1-3H3,(H,15,16,17). The van der Waals surface area contributed by atoms with Crippen LogP contribution >= 0.6 is 0 Å². The molecule has 21 heavy (non-hydrogen) atoms. The molecule has 0 saturated carbocycles. The van der Waals surface area contributed by atoms with Crippen LogP contribution in [0, 0.1) is 0 Å². The van der Waals surface area contributed by atoms with Crippen LogP contribution in [0.25, 0.3) is 0 Å². The van der Waals surface area contributed by atoms with E-state index in [1.165, 1.54) is 0 Å². The van der Waals surface area contributed by atoms with Crippen LogP contribution in [0.3, 0.4) is 0 Å². The van der Waals surface area contributed by atoms with Gasteiger partial charge in [-0.25, -0.2) is 0 Å². The molecule has 0 fully saturated rings. The van der Waals surface area contributed by atoms with Gasteiger partial charge in [0.15, 0.2) is 14.9 Å². The number of hydrogen-bond acceptors (Lipinski definition) is 5. The summed E-state index contributed by atoms with van der Waals surface area (Å²) in [6, 6.07) is 1.61. The van der Waals surface area contributed by atoms with Crippen LogP contribution in [0.15, 0.2) is 0 Å². The van der Waals surface area contributed by atoms with Crippen molar-refractivity contribution in [1.82, 2.24) is 0 Å². The molecule has 6 nitrogen and oxygen atoms in total. The van der Waals surface area contributed by atoms with Crippen LogP contribution in [0.5, 0.6) is 0 Å². The van der Waals surface area contributed by atoms with E-state index in [0.717, 1.165) is 12.5 Å². The van der Waals surface area contributed by atoms with E-state index in [9.17, 15) is 22.0 Å². The molecule has 0 aromatic carbocycles. The Morgan fingerprint density at radius 1 is 1.33 bits per heavy atom. The SMILES string of the molecule is CCC[Si](C)(CCCC(=O)OCC(F)(F)S(=O)(=O)O)OC. The van der Waals surface area contributed by atoms with Crippen LogP contribution in [-0.2, 0) is 24.1 Å². The fourth-order valence-corrected chi connectivity index (χ4v) is 4.62. The van der Waals surface area contributed by atoms with Crippen molar-refractivity contribution in [1.29, 1.82) is 0 Å². The predicted molar refractivity (Wildman–Crippen MR) is 75.2 cm³/mol. The molecule has 0 bridgehead atoms. The molecule has 0 aliphatic rings. The highest BCUT2D eigenvalue weighted by Gasteiger charge is 2.45. The predicted octanol–water partition coefficient (Wildman–Crippen LogP) is 2.42. The van der Waals surface area contributed by atoms with E-state index >= 15 is 0 Å². The number of halogens is 2. The van der Waals surface area contributed by atoms with Gasteiger partial charge in [-0.05, 0) is 25.1 Å². The van der Waals surface area contributed by atoms with Gasteiger partial charge in [0.2, 0.25) is 0 Å². The first-order valence-electron chi connectivity index (χ1n) is 6.53. The van der Waals surface area contributed by atoms with Crippen LogP contribution in [-0.4, -0.2) is 46.2 Å². The van der Waals surface area contributed by atoms with Gasteiger partial charge in [0.05, 0.1) is 0 Å². The van der Waals surface area contributed by atoms with Crippen molar-refractivity contribution in [2.24, 2.45) is 0 Å².